The van der Waals surface area contributed by atoms with Crippen molar-refractivity contribution in [3.8, 4) is 0 Å². The number of thioether (sulfide) groups is 1. The van der Waals surface area contributed by atoms with Crippen LogP contribution in [0.15, 0.2) is 101 Å². The van der Waals surface area contributed by atoms with Crippen LogP contribution in [0.25, 0.3) is 17.0 Å². The summed E-state index contributed by atoms with van der Waals surface area (Å²) in [5.74, 6) is 0.0203. The zero-order valence-electron chi connectivity index (χ0n) is 17.6. The fourth-order valence-corrected chi connectivity index (χ4v) is 4.77. The standard InChI is InChI=1S/C27H23N3OS/c31-26-25(18-22-11-12-24-23(17-22)13-15-28-24)32-27(29-19-21-9-5-2-6-10-21)30(26)16-14-20-7-3-1-4-8-20/h1-13,15,17-18,28H,14,16,19H2. The highest BCUT2D eigenvalue weighted by Crippen LogP contribution is 2.33. The number of H-pyrrole nitrogens is 1. The van der Waals surface area contributed by atoms with Crippen molar-refractivity contribution in [2.75, 3.05) is 6.54 Å². The highest BCUT2D eigenvalue weighted by atomic mass is 32.2. The molecule has 0 spiro atoms. The first kappa shape index (κ1) is 20.3. The molecule has 0 radical (unpaired) electrons. The van der Waals surface area contributed by atoms with E-state index < -0.39 is 0 Å². The van der Waals surface area contributed by atoms with E-state index in [2.05, 4.69) is 35.3 Å². The maximum Gasteiger partial charge on any atom is 0.266 e. The Hall–Kier alpha value is -3.57. The SMILES string of the molecule is O=C1C(=Cc2ccc3[nH]ccc3c2)SC(=NCc2ccccc2)N1CCc1ccccc1. The van der Waals surface area contributed by atoms with Gasteiger partial charge in [0.2, 0.25) is 0 Å². The van der Waals surface area contributed by atoms with Gasteiger partial charge in [-0.25, -0.2) is 0 Å². The quantitative estimate of drug-likeness (QED) is 0.383. The van der Waals surface area contributed by atoms with Gasteiger partial charge in [-0.2, -0.15) is 0 Å². The average Bonchev–Trinajstić information content (AvgIpc) is 3.42. The minimum Gasteiger partial charge on any atom is -0.361 e. The van der Waals surface area contributed by atoms with E-state index in [-0.39, 0.29) is 5.91 Å². The maximum absolute atomic E-state index is 13.3. The average molecular weight is 438 g/mol. The third-order valence-electron chi connectivity index (χ3n) is 5.47. The number of aliphatic imine (C=N–C) groups is 1. The lowest BCUT2D eigenvalue weighted by molar-refractivity contribution is -0.122. The highest BCUT2D eigenvalue weighted by molar-refractivity contribution is 8.18. The molecule has 0 aliphatic carbocycles. The minimum absolute atomic E-state index is 0.0203. The summed E-state index contributed by atoms with van der Waals surface area (Å²) in [6.07, 6.45) is 4.69. The summed E-state index contributed by atoms with van der Waals surface area (Å²) in [4.78, 5) is 23.9. The molecule has 4 nitrogen and oxygen atoms in total. The van der Waals surface area contributed by atoms with E-state index in [4.69, 9.17) is 4.99 Å². The van der Waals surface area contributed by atoms with Crippen molar-refractivity contribution in [1.29, 1.82) is 0 Å². The Morgan fingerprint density at radius 3 is 2.44 bits per heavy atom. The van der Waals surface area contributed by atoms with Gasteiger partial charge < -0.3 is 4.98 Å². The lowest BCUT2D eigenvalue weighted by Crippen LogP contribution is -2.31. The number of aromatic nitrogens is 1. The predicted octanol–water partition coefficient (Wildman–Crippen LogP) is 5.88. The molecule has 1 amide bonds. The first-order valence-corrected chi connectivity index (χ1v) is 11.5. The van der Waals surface area contributed by atoms with Crippen molar-refractivity contribution in [3.63, 3.8) is 0 Å². The molecule has 1 N–H and O–H groups in total. The predicted molar refractivity (Wildman–Crippen MR) is 133 cm³/mol. The van der Waals surface area contributed by atoms with Gasteiger partial charge in [-0.15, -0.1) is 0 Å². The van der Waals surface area contributed by atoms with Crippen LogP contribution < -0.4 is 0 Å². The van der Waals surface area contributed by atoms with Gasteiger partial charge in [0.25, 0.3) is 5.91 Å². The number of carbonyl (C=O) groups is 1. The third kappa shape index (κ3) is 4.53. The number of amidine groups is 1. The number of benzene rings is 3. The number of hydrogen-bond donors (Lipinski definition) is 1. The first-order valence-electron chi connectivity index (χ1n) is 10.7. The summed E-state index contributed by atoms with van der Waals surface area (Å²) in [7, 11) is 0. The fraction of sp³-hybridized carbons (Fsp3) is 0.111. The Bertz CT molecular complexity index is 1290. The van der Waals surface area contributed by atoms with Crippen LogP contribution in [-0.2, 0) is 17.8 Å². The molecule has 5 heteroatoms. The van der Waals surface area contributed by atoms with E-state index in [1.165, 1.54) is 17.3 Å². The molecule has 0 unspecified atom stereocenters. The number of carbonyl (C=O) groups excluding carboxylic acids is 1. The summed E-state index contributed by atoms with van der Waals surface area (Å²) in [6.45, 7) is 1.17. The van der Waals surface area contributed by atoms with E-state index in [1.54, 1.807) is 0 Å². The fourth-order valence-electron chi connectivity index (χ4n) is 3.76. The molecule has 2 heterocycles. The van der Waals surface area contributed by atoms with Gasteiger partial charge in [-0.1, -0.05) is 66.7 Å². The van der Waals surface area contributed by atoms with E-state index in [0.29, 0.717) is 18.0 Å². The second kappa shape index (κ2) is 9.28. The molecule has 32 heavy (non-hydrogen) atoms. The van der Waals surface area contributed by atoms with Crippen LogP contribution in [0, 0.1) is 0 Å². The molecule has 0 bridgehead atoms. The van der Waals surface area contributed by atoms with Gasteiger partial charge in [-0.3, -0.25) is 14.7 Å². The summed E-state index contributed by atoms with van der Waals surface area (Å²) < 4.78 is 0. The lowest BCUT2D eigenvalue weighted by Gasteiger charge is -2.15. The van der Waals surface area contributed by atoms with E-state index in [1.807, 2.05) is 71.8 Å². The maximum atomic E-state index is 13.3. The van der Waals surface area contributed by atoms with Crippen molar-refractivity contribution in [2.24, 2.45) is 4.99 Å². The third-order valence-corrected chi connectivity index (χ3v) is 6.51. The molecule has 5 rings (SSSR count). The molecule has 158 valence electrons. The zero-order chi connectivity index (χ0) is 21.8. The van der Waals surface area contributed by atoms with Crippen molar-refractivity contribution >= 4 is 39.8 Å². The highest BCUT2D eigenvalue weighted by Gasteiger charge is 2.32. The summed E-state index contributed by atoms with van der Waals surface area (Å²) >= 11 is 1.46. The Balaban J connectivity index is 1.41. The number of rotatable bonds is 6. The van der Waals surface area contributed by atoms with Gasteiger partial charge >= 0.3 is 0 Å². The Kier molecular flexibility index (Phi) is 5.90. The van der Waals surface area contributed by atoms with E-state index in [9.17, 15) is 4.79 Å². The Labute approximate surface area is 191 Å². The number of amides is 1. The molecule has 1 aliphatic rings. The van der Waals surface area contributed by atoms with Gasteiger partial charge in [0.1, 0.15) is 0 Å². The zero-order valence-corrected chi connectivity index (χ0v) is 18.4. The van der Waals surface area contributed by atoms with Crippen molar-refractivity contribution in [1.82, 2.24) is 9.88 Å². The molecule has 0 saturated carbocycles. The van der Waals surface area contributed by atoms with Crippen LogP contribution in [0.4, 0.5) is 0 Å². The Morgan fingerprint density at radius 1 is 0.906 bits per heavy atom. The van der Waals surface area contributed by atoms with Crippen LogP contribution in [0.5, 0.6) is 0 Å². The van der Waals surface area contributed by atoms with E-state index in [0.717, 1.165) is 33.6 Å². The molecule has 1 aliphatic heterocycles. The monoisotopic (exact) mass is 437 g/mol. The first-order chi connectivity index (χ1) is 15.8. The molecular weight excluding hydrogens is 414 g/mol. The Morgan fingerprint density at radius 2 is 1.66 bits per heavy atom. The number of nitrogens with one attached hydrogen (secondary N) is 1. The number of hydrogen-bond acceptors (Lipinski definition) is 3. The molecular formula is C27H23N3OS. The van der Waals surface area contributed by atoms with Gasteiger partial charge in [0.05, 0.1) is 11.4 Å². The molecule has 0 atom stereocenters. The molecule has 1 aromatic heterocycles. The minimum atomic E-state index is 0.0203. The van der Waals surface area contributed by atoms with Crippen LogP contribution >= 0.6 is 11.8 Å². The molecule has 1 fully saturated rings. The van der Waals surface area contributed by atoms with Gasteiger partial charge in [0, 0.05) is 18.3 Å². The summed E-state index contributed by atoms with van der Waals surface area (Å²) in [5.41, 5.74) is 4.45. The van der Waals surface area contributed by atoms with Crippen LogP contribution in [0.2, 0.25) is 0 Å². The van der Waals surface area contributed by atoms with Crippen LogP contribution in [0.3, 0.4) is 0 Å². The molecule has 4 aromatic rings. The molecule has 1 saturated heterocycles. The van der Waals surface area contributed by atoms with E-state index >= 15 is 0 Å². The summed E-state index contributed by atoms with van der Waals surface area (Å²) in [6, 6.07) is 28.6. The van der Waals surface area contributed by atoms with Crippen molar-refractivity contribution in [2.45, 2.75) is 13.0 Å². The number of aromatic amines is 1. The number of fused-ring (bicyclic) bond motifs is 1. The van der Waals surface area contributed by atoms with Crippen molar-refractivity contribution in [3.05, 3.63) is 113 Å². The second-order valence-electron chi connectivity index (χ2n) is 7.71. The largest absolute Gasteiger partial charge is 0.361 e. The van der Waals surface area contributed by atoms with Crippen LogP contribution in [-0.4, -0.2) is 27.5 Å². The summed E-state index contributed by atoms with van der Waals surface area (Å²) in [5, 5.41) is 1.90. The van der Waals surface area contributed by atoms with Gasteiger partial charge in [0.15, 0.2) is 5.17 Å². The number of nitrogens with zero attached hydrogens (tertiary/aromatic N) is 2. The topological polar surface area (TPSA) is 48.5 Å². The second-order valence-corrected chi connectivity index (χ2v) is 8.72. The van der Waals surface area contributed by atoms with Gasteiger partial charge in [-0.05, 0) is 64.5 Å². The lowest BCUT2D eigenvalue weighted by atomic mass is 10.1. The molecule has 3 aromatic carbocycles. The van der Waals surface area contributed by atoms with Crippen molar-refractivity contribution < 1.29 is 4.79 Å². The normalized spacial score (nSPS) is 16.5. The van der Waals surface area contributed by atoms with Crippen LogP contribution in [0.1, 0.15) is 16.7 Å². The smallest absolute Gasteiger partial charge is 0.266 e.